The number of carboxylic acid groups (broad SMARTS) is 1. The molecule has 2 aliphatic rings. The highest BCUT2D eigenvalue weighted by Crippen LogP contribution is 2.49. The van der Waals surface area contributed by atoms with E-state index < -0.39 is 5.97 Å². The Labute approximate surface area is 168 Å². The number of hydrogen-bond acceptors (Lipinski definition) is 3. The van der Waals surface area contributed by atoms with Crippen LogP contribution in [-0.4, -0.2) is 71.1 Å². The van der Waals surface area contributed by atoms with E-state index in [1.54, 1.807) is 0 Å². The Kier molecular flexibility index (Phi) is 5.71. The van der Waals surface area contributed by atoms with Gasteiger partial charge < -0.3 is 14.9 Å². The number of carbonyl (C=O) groups is 2. The second-order valence-corrected chi connectivity index (χ2v) is 9.05. The van der Waals surface area contributed by atoms with Crippen molar-refractivity contribution in [3.05, 3.63) is 35.9 Å². The molecule has 1 aromatic rings. The summed E-state index contributed by atoms with van der Waals surface area (Å²) in [6, 6.07) is 10.5. The highest BCUT2D eigenvalue weighted by Gasteiger charge is 2.54. The summed E-state index contributed by atoms with van der Waals surface area (Å²) in [5, 5.41) is 9.23. The first-order chi connectivity index (χ1) is 13.2. The van der Waals surface area contributed by atoms with Crippen LogP contribution in [-0.2, 0) is 10.3 Å². The molecule has 1 saturated heterocycles. The van der Waals surface area contributed by atoms with Gasteiger partial charge in [-0.25, -0.2) is 4.79 Å². The Bertz CT molecular complexity index is 709. The average Bonchev–Trinajstić information content (AvgIpc) is 2.88. The molecule has 1 aliphatic heterocycles. The fourth-order valence-electron chi connectivity index (χ4n) is 5.11. The van der Waals surface area contributed by atoms with Gasteiger partial charge in [0.05, 0.1) is 5.54 Å². The van der Waals surface area contributed by atoms with Crippen LogP contribution in [0.2, 0.25) is 0 Å². The average molecular weight is 388 g/mol. The van der Waals surface area contributed by atoms with Crippen LogP contribution in [0, 0.1) is 5.92 Å². The molecule has 1 N–H and O–H groups in total. The van der Waals surface area contributed by atoms with E-state index in [1.807, 2.05) is 11.0 Å². The number of hydrogen-bond donors (Lipinski definition) is 1. The Balaban J connectivity index is 1.88. The zero-order valence-electron chi connectivity index (χ0n) is 17.5. The number of carbonyl (C=O) groups excluding carboxylic acids is 1. The van der Waals surface area contributed by atoms with Gasteiger partial charge in [-0.3, -0.25) is 9.69 Å². The summed E-state index contributed by atoms with van der Waals surface area (Å²) >= 11 is 0. The summed E-state index contributed by atoms with van der Waals surface area (Å²) in [7, 11) is 4.26. The zero-order valence-corrected chi connectivity index (χ0v) is 17.5. The predicted molar refractivity (Wildman–Crippen MR) is 109 cm³/mol. The predicted octanol–water partition coefficient (Wildman–Crippen LogP) is 3.23. The van der Waals surface area contributed by atoms with Crippen molar-refractivity contribution in [3.63, 3.8) is 0 Å². The molecule has 2 amide bonds. The monoisotopic (exact) mass is 387 g/mol. The van der Waals surface area contributed by atoms with Crippen molar-refractivity contribution in [3.8, 4) is 0 Å². The second-order valence-electron chi connectivity index (χ2n) is 9.05. The third-order valence-corrected chi connectivity index (χ3v) is 6.61. The molecule has 0 radical (unpaired) electrons. The smallest absolute Gasteiger partial charge is 0.323 e. The molecule has 1 heterocycles. The van der Waals surface area contributed by atoms with Crippen LogP contribution < -0.4 is 0 Å². The molecule has 0 bridgehead atoms. The lowest BCUT2D eigenvalue weighted by Crippen LogP contribution is -2.56. The quantitative estimate of drug-likeness (QED) is 0.814. The van der Waals surface area contributed by atoms with Gasteiger partial charge in [0.1, 0.15) is 6.54 Å². The molecular weight excluding hydrogens is 354 g/mol. The van der Waals surface area contributed by atoms with E-state index in [0.29, 0.717) is 19.0 Å². The molecule has 1 spiro atoms. The SMILES string of the molecule is CC(C)CN1C(=O)N(CC(=O)O)C[C@]12CC[C@@](c1ccccc1)(N(C)C)CC2. The van der Waals surface area contributed by atoms with E-state index >= 15 is 0 Å². The van der Waals surface area contributed by atoms with E-state index in [4.69, 9.17) is 0 Å². The van der Waals surface area contributed by atoms with Gasteiger partial charge in [0.15, 0.2) is 0 Å². The molecule has 154 valence electrons. The number of nitrogens with zero attached hydrogens (tertiary/aromatic N) is 3. The summed E-state index contributed by atoms with van der Waals surface area (Å²) in [5.41, 5.74) is 1.02. The number of amides is 2. The molecule has 6 heteroatoms. The molecule has 2 fully saturated rings. The third-order valence-electron chi connectivity index (χ3n) is 6.61. The van der Waals surface area contributed by atoms with Gasteiger partial charge in [0.25, 0.3) is 0 Å². The van der Waals surface area contributed by atoms with Crippen LogP contribution in [0.3, 0.4) is 0 Å². The number of aliphatic carboxylic acids is 1. The lowest BCUT2D eigenvalue weighted by atomic mass is 9.68. The van der Waals surface area contributed by atoms with Crippen molar-refractivity contribution in [2.45, 2.75) is 50.6 Å². The molecule has 0 unspecified atom stereocenters. The van der Waals surface area contributed by atoms with Gasteiger partial charge in [0, 0.05) is 18.6 Å². The van der Waals surface area contributed by atoms with Crippen LogP contribution in [0.4, 0.5) is 4.79 Å². The number of benzene rings is 1. The molecule has 28 heavy (non-hydrogen) atoms. The van der Waals surface area contributed by atoms with E-state index in [2.05, 4.69) is 57.1 Å². The Morgan fingerprint density at radius 2 is 1.75 bits per heavy atom. The minimum absolute atomic E-state index is 0.0424. The van der Waals surface area contributed by atoms with E-state index in [-0.39, 0.29) is 23.7 Å². The van der Waals surface area contributed by atoms with Crippen molar-refractivity contribution >= 4 is 12.0 Å². The maximum absolute atomic E-state index is 13.0. The van der Waals surface area contributed by atoms with Crippen molar-refractivity contribution < 1.29 is 14.7 Å². The molecule has 1 aliphatic carbocycles. The van der Waals surface area contributed by atoms with Gasteiger partial charge in [-0.2, -0.15) is 0 Å². The van der Waals surface area contributed by atoms with Crippen molar-refractivity contribution in [1.29, 1.82) is 0 Å². The maximum Gasteiger partial charge on any atom is 0.323 e. The van der Waals surface area contributed by atoms with Gasteiger partial charge in [0.2, 0.25) is 0 Å². The van der Waals surface area contributed by atoms with Crippen molar-refractivity contribution in [2.24, 2.45) is 5.92 Å². The molecule has 0 aromatic heterocycles. The topological polar surface area (TPSA) is 64.1 Å². The summed E-state index contributed by atoms with van der Waals surface area (Å²) in [5.74, 6) is -0.599. The summed E-state index contributed by atoms with van der Waals surface area (Å²) < 4.78 is 0. The lowest BCUT2D eigenvalue weighted by molar-refractivity contribution is -0.137. The number of rotatable bonds is 6. The first kappa shape index (κ1) is 20.6. The van der Waals surface area contributed by atoms with Gasteiger partial charge >= 0.3 is 12.0 Å². The normalized spacial score (nSPS) is 28.0. The van der Waals surface area contributed by atoms with Gasteiger partial charge in [-0.05, 0) is 51.3 Å². The number of urea groups is 1. The third kappa shape index (κ3) is 3.62. The summed E-state index contributed by atoms with van der Waals surface area (Å²) in [6.45, 7) is 5.20. The fourth-order valence-corrected chi connectivity index (χ4v) is 5.11. The van der Waals surface area contributed by atoms with Gasteiger partial charge in [-0.15, -0.1) is 0 Å². The van der Waals surface area contributed by atoms with E-state index in [0.717, 1.165) is 25.7 Å². The molecule has 3 rings (SSSR count). The van der Waals surface area contributed by atoms with Crippen LogP contribution >= 0.6 is 0 Å². The molecule has 6 nitrogen and oxygen atoms in total. The summed E-state index contributed by atoms with van der Waals surface area (Å²) in [6.07, 6.45) is 3.67. The molecule has 1 saturated carbocycles. The van der Waals surface area contributed by atoms with E-state index in [9.17, 15) is 14.7 Å². The van der Waals surface area contributed by atoms with Crippen LogP contribution in [0.25, 0.3) is 0 Å². The largest absolute Gasteiger partial charge is 0.480 e. The Morgan fingerprint density at radius 1 is 1.14 bits per heavy atom. The maximum atomic E-state index is 13.0. The minimum Gasteiger partial charge on any atom is -0.480 e. The number of carboxylic acids is 1. The standard InChI is InChI=1S/C22H33N3O3/c1-17(2)14-25-20(28)24(15-19(26)27)16-21(25)10-12-22(13-11-21,23(3)4)18-8-6-5-7-9-18/h5-9,17H,10-16H2,1-4H3,(H,26,27)/t21-,22-. The van der Waals surface area contributed by atoms with Crippen molar-refractivity contribution in [1.82, 2.24) is 14.7 Å². The van der Waals surface area contributed by atoms with Gasteiger partial charge in [-0.1, -0.05) is 44.2 Å². The molecule has 1 aromatic carbocycles. The first-order valence-electron chi connectivity index (χ1n) is 10.2. The fraction of sp³-hybridized carbons (Fsp3) is 0.636. The minimum atomic E-state index is -0.947. The molecule has 0 atom stereocenters. The first-order valence-corrected chi connectivity index (χ1v) is 10.2. The van der Waals surface area contributed by atoms with Crippen LogP contribution in [0.15, 0.2) is 30.3 Å². The zero-order chi connectivity index (χ0) is 20.5. The Hall–Kier alpha value is -2.08. The van der Waals surface area contributed by atoms with E-state index in [1.165, 1.54) is 10.5 Å². The highest BCUT2D eigenvalue weighted by molar-refractivity contribution is 5.83. The Morgan fingerprint density at radius 3 is 2.25 bits per heavy atom. The highest BCUT2D eigenvalue weighted by atomic mass is 16.4. The van der Waals surface area contributed by atoms with Crippen molar-refractivity contribution in [2.75, 3.05) is 33.7 Å². The second kappa shape index (κ2) is 7.74. The van der Waals surface area contributed by atoms with Crippen LogP contribution in [0.5, 0.6) is 0 Å². The van der Waals surface area contributed by atoms with Crippen LogP contribution in [0.1, 0.15) is 45.1 Å². The molecular formula is C22H33N3O3. The lowest BCUT2D eigenvalue weighted by Gasteiger charge is -2.51. The summed E-state index contributed by atoms with van der Waals surface area (Å²) in [4.78, 5) is 30.1.